The highest BCUT2D eigenvalue weighted by molar-refractivity contribution is 7.99. The van der Waals surface area contributed by atoms with Crippen LogP contribution in [-0.2, 0) is 6.42 Å². The molecule has 1 aliphatic rings. The van der Waals surface area contributed by atoms with Crippen molar-refractivity contribution in [3.05, 3.63) is 48.2 Å². The molecule has 0 saturated heterocycles. The summed E-state index contributed by atoms with van der Waals surface area (Å²) in [6.45, 7) is -0.364. The molecule has 0 bridgehead atoms. The van der Waals surface area contributed by atoms with Gasteiger partial charge in [-0.3, -0.25) is 0 Å². The van der Waals surface area contributed by atoms with Crippen LogP contribution in [0.1, 0.15) is 12.0 Å². The molecule has 0 spiro atoms. The Morgan fingerprint density at radius 3 is 3.00 bits per heavy atom. The third-order valence-corrected chi connectivity index (χ3v) is 5.94. The van der Waals surface area contributed by atoms with Gasteiger partial charge >= 0.3 is 6.92 Å². The third kappa shape index (κ3) is 2.98. The fourth-order valence-electron chi connectivity index (χ4n) is 3.56. The van der Waals surface area contributed by atoms with Crippen LogP contribution in [0.2, 0.25) is 6.32 Å². The van der Waals surface area contributed by atoms with Crippen molar-refractivity contribution in [3.8, 4) is 17.5 Å². The Labute approximate surface area is 157 Å². The minimum Gasteiger partial charge on any atom is -0.497 e. The lowest BCUT2D eigenvalue weighted by molar-refractivity contribution is 0.415. The first-order chi connectivity index (χ1) is 12.7. The summed E-state index contributed by atoms with van der Waals surface area (Å²) in [6, 6.07) is 14.6. The molecule has 130 valence electrons. The zero-order chi connectivity index (χ0) is 18.1. The summed E-state index contributed by atoms with van der Waals surface area (Å²) >= 11 is 1.69. The van der Waals surface area contributed by atoms with E-state index in [1.807, 2.05) is 12.1 Å². The van der Waals surface area contributed by atoms with Gasteiger partial charge in [0.25, 0.3) is 0 Å². The molecule has 0 aliphatic carbocycles. The molecule has 1 aromatic heterocycles. The maximum absolute atomic E-state index is 10.2. The van der Waals surface area contributed by atoms with Crippen molar-refractivity contribution in [1.29, 1.82) is 5.26 Å². The molecule has 0 atom stereocenters. The summed E-state index contributed by atoms with van der Waals surface area (Å²) in [5.41, 5.74) is 4.42. The number of methoxy groups -OCH3 is 1. The predicted octanol–water partition coefficient (Wildman–Crippen LogP) is 3.39. The van der Waals surface area contributed by atoms with Gasteiger partial charge in [-0.2, -0.15) is 5.26 Å². The lowest BCUT2D eigenvalue weighted by Crippen LogP contribution is -2.26. The maximum Gasteiger partial charge on any atom is 0.324 e. The van der Waals surface area contributed by atoms with Gasteiger partial charge in [0, 0.05) is 34.3 Å². The fourth-order valence-corrected chi connectivity index (χ4v) is 4.47. The molecule has 1 N–H and O–H groups in total. The molecule has 0 saturated carbocycles. The molecule has 4 nitrogen and oxygen atoms in total. The summed E-state index contributed by atoms with van der Waals surface area (Å²) in [5.74, 6) is 1.58. The van der Waals surface area contributed by atoms with E-state index in [9.17, 15) is 5.02 Å². The molecular weight excluding hydrogens is 343 g/mol. The first kappa shape index (κ1) is 17.1. The Morgan fingerprint density at radius 1 is 1.31 bits per heavy atom. The van der Waals surface area contributed by atoms with E-state index >= 15 is 0 Å². The van der Waals surface area contributed by atoms with Crippen LogP contribution in [0.15, 0.2) is 47.5 Å². The fraction of sp³-hybridized carbons (Fsp3) is 0.250. The predicted molar refractivity (Wildman–Crippen MR) is 107 cm³/mol. The molecule has 6 heteroatoms. The third-order valence-electron chi connectivity index (χ3n) is 4.90. The average molecular weight is 362 g/mol. The monoisotopic (exact) mass is 362 g/mol. The summed E-state index contributed by atoms with van der Waals surface area (Å²) in [4.78, 5) is 1.13. The van der Waals surface area contributed by atoms with E-state index in [1.165, 1.54) is 5.56 Å². The number of aromatic nitrogens is 1. The first-order valence-corrected chi connectivity index (χ1v) is 9.70. The average Bonchev–Trinajstić information content (AvgIpc) is 3.22. The molecule has 0 fully saturated rings. The van der Waals surface area contributed by atoms with E-state index in [1.54, 1.807) is 18.9 Å². The molecule has 3 aromatic rings. The number of hydrogen-bond donors (Lipinski definition) is 1. The Kier molecular flexibility index (Phi) is 4.67. The zero-order valence-electron chi connectivity index (χ0n) is 14.6. The highest BCUT2D eigenvalue weighted by atomic mass is 32.2. The van der Waals surface area contributed by atoms with E-state index in [-0.39, 0.29) is 6.92 Å². The van der Waals surface area contributed by atoms with E-state index < -0.39 is 0 Å². The topological polar surface area (TPSA) is 58.2 Å². The first-order valence-electron chi connectivity index (χ1n) is 8.71. The van der Waals surface area contributed by atoms with Crippen LogP contribution in [0.5, 0.6) is 5.75 Å². The van der Waals surface area contributed by atoms with Crippen LogP contribution in [0.25, 0.3) is 16.6 Å². The van der Waals surface area contributed by atoms with Crippen molar-refractivity contribution in [1.82, 2.24) is 4.57 Å². The van der Waals surface area contributed by atoms with Crippen LogP contribution < -0.4 is 10.2 Å². The minimum absolute atomic E-state index is 0.364. The van der Waals surface area contributed by atoms with Crippen LogP contribution >= 0.6 is 11.8 Å². The molecule has 0 unspecified atom stereocenters. The highest BCUT2D eigenvalue weighted by Gasteiger charge is 2.25. The number of nitrogens with zero attached hydrogens (tertiary/aromatic N) is 2. The number of hydrogen-bond acceptors (Lipinski definition) is 4. The summed E-state index contributed by atoms with van der Waals surface area (Å²) in [7, 11) is 1.67. The quantitative estimate of drug-likeness (QED) is 0.429. The number of thioether (sulfide) groups is 1. The second-order valence-electron chi connectivity index (χ2n) is 6.44. The van der Waals surface area contributed by atoms with Crippen molar-refractivity contribution in [2.75, 3.05) is 12.9 Å². The lowest BCUT2D eigenvalue weighted by Gasteiger charge is -2.09. The van der Waals surface area contributed by atoms with Gasteiger partial charge in [0.05, 0.1) is 18.7 Å². The van der Waals surface area contributed by atoms with Crippen LogP contribution in [0.3, 0.4) is 0 Å². The maximum atomic E-state index is 10.2. The summed E-state index contributed by atoms with van der Waals surface area (Å²) in [6.07, 6.45) is 4.38. The van der Waals surface area contributed by atoms with E-state index in [0.29, 0.717) is 6.42 Å². The highest BCUT2D eigenvalue weighted by Crippen LogP contribution is 2.34. The summed E-state index contributed by atoms with van der Waals surface area (Å²) < 4.78 is 7.55. The van der Waals surface area contributed by atoms with Gasteiger partial charge in [0.1, 0.15) is 5.75 Å². The van der Waals surface area contributed by atoms with Gasteiger partial charge in [-0.1, -0.05) is 11.6 Å². The standard InChI is InChI=1S/C20H19BN2O2S/c1-25-16-5-6-19-17(12-16)20(26-10-2-9-22)13-23(19)15-4-3-14-7-8-21(24)18(14)11-15/h3-6,11-13,24H,2,7-8,10H2,1H3. The molecule has 1 aliphatic heterocycles. The largest absolute Gasteiger partial charge is 0.497 e. The number of aryl methyl sites for hydroxylation is 1. The molecular formula is C20H19BN2O2S. The lowest BCUT2D eigenvalue weighted by atomic mass is 9.63. The molecule has 2 heterocycles. The Bertz CT molecular complexity index is 1010. The molecule has 0 radical (unpaired) electrons. The van der Waals surface area contributed by atoms with Crippen molar-refractivity contribution >= 4 is 35.0 Å². The van der Waals surface area contributed by atoms with Crippen molar-refractivity contribution < 1.29 is 9.76 Å². The van der Waals surface area contributed by atoms with E-state index in [2.05, 4.69) is 41.1 Å². The minimum atomic E-state index is -0.364. The molecule has 4 rings (SSSR count). The van der Waals surface area contributed by atoms with Gasteiger partial charge in [0.15, 0.2) is 0 Å². The van der Waals surface area contributed by atoms with E-state index in [4.69, 9.17) is 10.00 Å². The molecule has 2 aromatic carbocycles. The number of nitriles is 1. The van der Waals surface area contributed by atoms with Crippen LogP contribution in [0, 0.1) is 11.3 Å². The van der Waals surface area contributed by atoms with Crippen molar-refractivity contribution in [3.63, 3.8) is 0 Å². The SMILES string of the molecule is COc1ccc2c(c1)c(SCCC#N)cn2-c1ccc2c(c1)B(O)CC2. The number of rotatable bonds is 5. The van der Waals surface area contributed by atoms with Gasteiger partial charge in [0.2, 0.25) is 0 Å². The second kappa shape index (κ2) is 7.10. The Hall–Kier alpha value is -2.36. The van der Waals surface area contributed by atoms with Crippen LogP contribution in [0.4, 0.5) is 0 Å². The van der Waals surface area contributed by atoms with Gasteiger partial charge < -0.3 is 14.3 Å². The normalized spacial score (nSPS) is 13.0. The zero-order valence-corrected chi connectivity index (χ0v) is 15.4. The second-order valence-corrected chi connectivity index (χ2v) is 7.58. The Morgan fingerprint density at radius 2 is 2.19 bits per heavy atom. The van der Waals surface area contributed by atoms with Gasteiger partial charge in [-0.25, -0.2) is 0 Å². The van der Waals surface area contributed by atoms with E-state index in [0.717, 1.165) is 51.2 Å². The number of benzene rings is 2. The van der Waals surface area contributed by atoms with Gasteiger partial charge in [-0.15, -0.1) is 11.8 Å². The summed E-state index contributed by atoms with van der Waals surface area (Å²) in [5, 5.41) is 20.2. The van der Waals surface area contributed by atoms with Crippen LogP contribution in [-0.4, -0.2) is 29.4 Å². The molecule has 26 heavy (non-hydrogen) atoms. The van der Waals surface area contributed by atoms with Gasteiger partial charge in [-0.05, 0) is 48.5 Å². The van der Waals surface area contributed by atoms with Crippen molar-refractivity contribution in [2.24, 2.45) is 0 Å². The Balaban J connectivity index is 1.82. The number of fused-ring (bicyclic) bond motifs is 2. The van der Waals surface area contributed by atoms with Crippen molar-refractivity contribution in [2.45, 2.75) is 24.1 Å². The molecule has 0 amide bonds. The smallest absolute Gasteiger partial charge is 0.324 e. The number of ether oxygens (including phenoxy) is 1.